The Hall–Kier alpha value is -2.07. The lowest BCUT2D eigenvalue weighted by molar-refractivity contribution is 0.792. The molecule has 0 radical (unpaired) electrons. The van der Waals surface area contributed by atoms with E-state index in [0.717, 1.165) is 23.0 Å². The molecule has 0 bridgehead atoms. The molecule has 0 aliphatic heterocycles. The molecule has 3 rings (SSSR count). The van der Waals surface area contributed by atoms with Gasteiger partial charge in [-0.15, -0.1) is 0 Å². The minimum absolute atomic E-state index is 0.0129. The van der Waals surface area contributed by atoms with E-state index < -0.39 is 0 Å². The monoisotopic (exact) mass is 298 g/mol. The molecule has 3 aromatic rings. The first-order valence-electron chi connectivity index (χ1n) is 7.01. The topological polar surface area (TPSA) is 34.0 Å². The van der Waals surface area contributed by atoms with Crippen molar-refractivity contribution in [3.8, 4) is 0 Å². The smallest absolute Gasteiger partial charge is 0.252 e. The van der Waals surface area contributed by atoms with Crippen LogP contribution in [0.25, 0.3) is 10.9 Å². The molecular weight excluding hydrogens is 280 g/mol. The summed E-state index contributed by atoms with van der Waals surface area (Å²) in [5.74, 6) is 0. The summed E-state index contributed by atoms with van der Waals surface area (Å²) in [5, 5.41) is 8.82. The van der Waals surface area contributed by atoms with Crippen LogP contribution in [0.15, 0.2) is 52.0 Å². The van der Waals surface area contributed by atoms with Crippen LogP contribution >= 0.6 is 11.3 Å². The number of rotatable bonds is 4. The molecule has 3 nitrogen and oxygen atoms in total. The van der Waals surface area contributed by atoms with E-state index in [1.54, 1.807) is 22.0 Å². The molecule has 108 valence electrons. The van der Waals surface area contributed by atoms with Gasteiger partial charge in [-0.1, -0.05) is 18.2 Å². The third-order valence-corrected chi connectivity index (χ3v) is 4.41. The molecule has 2 aromatic heterocycles. The number of hydrogen-bond donors (Lipinski definition) is 1. The zero-order chi connectivity index (χ0) is 14.8. The first kappa shape index (κ1) is 13.9. The van der Waals surface area contributed by atoms with Crippen molar-refractivity contribution in [2.24, 2.45) is 7.05 Å². The summed E-state index contributed by atoms with van der Waals surface area (Å²) in [4.78, 5) is 12.1. The summed E-state index contributed by atoms with van der Waals surface area (Å²) < 4.78 is 1.68. The average Bonchev–Trinajstić information content (AvgIpc) is 2.97. The van der Waals surface area contributed by atoms with E-state index in [1.807, 2.05) is 25.2 Å². The van der Waals surface area contributed by atoms with Gasteiger partial charge in [0.1, 0.15) is 0 Å². The molecule has 0 spiro atoms. The number of benzene rings is 1. The normalized spacial score (nSPS) is 12.5. The number of fused-ring (bicyclic) bond motifs is 1. The zero-order valence-corrected chi connectivity index (χ0v) is 13.0. The van der Waals surface area contributed by atoms with Crippen molar-refractivity contribution in [3.63, 3.8) is 0 Å². The molecule has 0 aliphatic carbocycles. The van der Waals surface area contributed by atoms with Gasteiger partial charge < -0.3 is 9.88 Å². The Labute approximate surface area is 127 Å². The third-order valence-electron chi connectivity index (χ3n) is 3.68. The van der Waals surface area contributed by atoms with E-state index in [4.69, 9.17) is 0 Å². The molecule has 1 atom stereocenters. The molecule has 0 fully saturated rings. The van der Waals surface area contributed by atoms with Crippen LogP contribution in [-0.2, 0) is 13.5 Å². The van der Waals surface area contributed by atoms with Crippen LogP contribution < -0.4 is 10.9 Å². The number of anilines is 1. The Kier molecular flexibility index (Phi) is 3.80. The van der Waals surface area contributed by atoms with Crippen molar-refractivity contribution in [1.29, 1.82) is 0 Å². The highest BCUT2D eigenvalue weighted by Crippen LogP contribution is 2.22. The molecule has 2 heterocycles. The maximum Gasteiger partial charge on any atom is 0.252 e. The lowest BCUT2D eigenvalue weighted by Crippen LogP contribution is -2.22. The molecule has 1 N–H and O–H groups in total. The minimum Gasteiger partial charge on any atom is -0.382 e. The third kappa shape index (κ3) is 2.85. The van der Waals surface area contributed by atoms with Crippen molar-refractivity contribution in [3.05, 3.63) is 63.1 Å². The van der Waals surface area contributed by atoms with Gasteiger partial charge in [-0.2, -0.15) is 11.3 Å². The summed E-state index contributed by atoms with van der Waals surface area (Å²) in [6.07, 6.45) is 0.951. The second-order valence-electron chi connectivity index (χ2n) is 5.35. The van der Waals surface area contributed by atoms with Gasteiger partial charge in [0.2, 0.25) is 0 Å². The number of nitrogens with one attached hydrogen (secondary N) is 1. The van der Waals surface area contributed by atoms with E-state index in [9.17, 15) is 4.79 Å². The number of aryl methyl sites for hydroxylation is 1. The van der Waals surface area contributed by atoms with Gasteiger partial charge in [-0.25, -0.2) is 0 Å². The van der Waals surface area contributed by atoms with Crippen molar-refractivity contribution in [2.45, 2.75) is 19.4 Å². The van der Waals surface area contributed by atoms with Crippen LogP contribution in [0, 0.1) is 0 Å². The molecule has 1 aromatic carbocycles. The number of aromatic nitrogens is 1. The van der Waals surface area contributed by atoms with Gasteiger partial charge in [0.05, 0.1) is 5.52 Å². The lowest BCUT2D eigenvalue weighted by Gasteiger charge is -2.17. The summed E-state index contributed by atoms with van der Waals surface area (Å²) >= 11 is 1.71. The number of hydrogen-bond acceptors (Lipinski definition) is 3. The summed E-state index contributed by atoms with van der Waals surface area (Å²) in [7, 11) is 1.81. The highest BCUT2D eigenvalue weighted by atomic mass is 32.1. The maximum atomic E-state index is 12.1. The van der Waals surface area contributed by atoms with Gasteiger partial charge in [-0.3, -0.25) is 4.79 Å². The van der Waals surface area contributed by atoms with Gasteiger partial charge in [0, 0.05) is 30.2 Å². The van der Waals surface area contributed by atoms with Gasteiger partial charge >= 0.3 is 0 Å². The summed E-state index contributed by atoms with van der Waals surface area (Å²) in [6.45, 7) is 2.14. The number of nitrogens with zero attached hydrogens (tertiary/aromatic N) is 1. The van der Waals surface area contributed by atoms with E-state index in [1.165, 1.54) is 5.56 Å². The van der Waals surface area contributed by atoms with Crippen LogP contribution in [0.3, 0.4) is 0 Å². The van der Waals surface area contributed by atoms with Crippen LogP contribution in [-0.4, -0.2) is 10.6 Å². The largest absolute Gasteiger partial charge is 0.382 e. The van der Waals surface area contributed by atoms with E-state index >= 15 is 0 Å². The minimum atomic E-state index is 0.0129. The number of para-hydroxylation sites is 1. The van der Waals surface area contributed by atoms with E-state index in [0.29, 0.717) is 0 Å². The van der Waals surface area contributed by atoms with Gasteiger partial charge in [-0.05, 0) is 41.8 Å². The van der Waals surface area contributed by atoms with Crippen LogP contribution in [0.5, 0.6) is 0 Å². The molecular formula is C17H18N2OS. The Balaban J connectivity index is 1.93. The van der Waals surface area contributed by atoms with Crippen molar-refractivity contribution < 1.29 is 0 Å². The molecule has 0 amide bonds. The molecule has 0 saturated carbocycles. The molecule has 0 aliphatic rings. The average molecular weight is 298 g/mol. The van der Waals surface area contributed by atoms with Crippen LogP contribution in [0.1, 0.15) is 12.5 Å². The second kappa shape index (κ2) is 5.74. The Morgan fingerprint density at radius 1 is 1.29 bits per heavy atom. The van der Waals surface area contributed by atoms with Crippen molar-refractivity contribution >= 4 is 27.9 Å². The molecule has 4 heteroatoms. The van der Waals surface area contributed by atoms with Gasteiger partial charge in [0.15, 0.2) is 0 Å². The molecule has 0 saturated heterocycles. The first-order chi connectivity index (χ1) is 10.1. The van der Waals surface area contributed by atoms with Gasteiger partial charge in [0.25, 0.3) is 5.56 Å². The first-order valence-corrected chi connectivity index (χ1v) is 7.96. The second-order valence-corrected chi connectivity index (χ2v) is 6.13. The molecule has 21 heavy (non-hydrogen) atoms. The Morgan fingerprint density at radius 2 is 2.10 bits per heavy atom. The summed E-state index contributed by atoms with van der Waals surface area (Å²) in [5.41, 5.74) is 3.21. The highest BCUT2D eigenvalue weighted by molar-refractivity contribution is 7.07. The van der Waals surface area contributed by atoms with E-state index in [-0.39, 0.29) is 11.6 Å². The molecule has 1 unspecified atom stereocenters. The fourth-order valence-corrected chi connectivity index (χ4v) is 3.29. The Bertz CT molecular complexity index is 805. The fourth-order valence-electron chi connectivity index (χ4n) is 2.61. The fraction of sp³-hybridized carbons (Fsp3) is 0.235. The van der Waals surface area contributed by atoms with Crippen LogP contribution in [0.2, 0.25) is 0 Å². The SMILES string of the molecule is CC(Cc1ccsc1)Nc1cc(=O)n(C)c2ccccc12. The Morgan fingerprint density at radius 3 is 2.86 bits per heavy atom. The summed E-state index contributed by atoms with van der Waals surface area (Å²) in [6, 6.07) is 12.1. The number of pyridine rings is 1. The van der Waals surface area contributed by atoms with Crippen molar-refractivity contribution in [1.82, 2.24) is 4.57 Å². The predicted molar refractivity (Wildman–Crippen MR) is 90.3 cm³/mol. The number of thiophene rings is 1. The standard InChI is InChI=1S/C17H18N2OS/c1-12(9-13-7-8-21-11-13)18-15-10-17(20)19(2)16-6-4-3-5-14(15)16/h3-8,10-12,18H,9H2,1-2H3. The predicted octanol–water partition coefficient (Wildman–Crippen LogP) is 3.64. The van der Waals surface area contributed by atoms with Crippen LogP contribution in [0.4, 0.5) is 5.69 Å². The zero-order valence-electron chi connectivity index (χ0n) is 12.2. The quantitative estimate of drug-likeness (QED) is 0.798. The van der Waals surface area contributed by atoms with Crippen molar-refractivity contribution in [2.75, 3.05) is 5.32 Å². The maximum absolute atomic E-state index is 12.1. The van der Waals surface area contributed by atoms with E-state index in [2.05, 4.69) is 35.1 Å². The highest BCUT2D eigenvalue weighted by Gasteiger charge is 2.09. The lowest BCUT2D eigenvalue weighted by atomic mass is 10.1.